The van der Waals surface area contributed by atoms with Gasteiger partial charge in [-0.15, -0.1) is 0 Å². The molecule has 13 heteroatoms. The van der Waals surface area contributed by atoms with E-state index in [9.17, 15) is 19.2 Å². The highest BCUT2D eigenvalue weighted by molar-refractivity contribution is 6.37. The van der Waals surface area contributed by atoms with Crippen LogP contribution in [0, 0.1) is 0 Å². The minimum absolute atomic E-state index is 0.00228. The first-order valence-electron chi connectivity index (χ1n) is 11.8. The molecule has 0 spiro atoms. The fraction of sp³-hybridized carbons (Fsp3) is 0.148. The summed E-state index contributed by atoms with van der Waals surface area (Å²) in [5.41, 5.74) is -0.653. The highest BCUT2D eigenvalue weighted by Crippen LogP contribution is 2.39. The molecule has 0 fully saturated rings. The van der Waals surface area contributed by atoms with Crippen molar-refractivity contribution in [3.05, 3.63) is 108 Å². The Morgan fingerprint density at radius 1 is 1.05 bits per heavy atom. The number of H-pyrrole nitrogens is 1. The SMILES string of the molecule is COc1cccc(CN2CCc3cc(Oc4c(Cl)cc(-n5nc(C(=O)O)c(=O)[nH]c5=O)cc4Cl)ccc3C2=O)c1. The van der Waals surface area contributed by atoms with Crippen LogP contribution in [0.2, 0.25) is 10.0 Å². The number of fused-ring (bicyclic) bond motifs is 1. The molecule has 1 amide bonds. The van der Waals surface area contributed by atoms with Gasteiger partial charge in [0, 0.05) is 18.7 Å². The molecule has 11 nitrogen and oxygen atoms in total. The van der Waals surface area contributed by atoms with Crippen molar-refractivity contribution in [1.82, 2.24) is 19.7 Å². The number of ether oxygens (including phenoxy) is 2. The van der Waals surface area contributed by atoms with Crippen molar-refractivity contribution in [2.24, 2.45) is 0 Å². The summed E-state index contributed by atoms with van der Waals surface area (Å²) in [6.07, 6.45) is 0.606. The fourth-order valence-corrected chi connectivity index (χ4v) is 4.87. The normalized spacial score (nSPS) is 12.7. The van der Waals surface area contributed by atoms with E-state index in [4.69, 9.17) is 37.8 Å². The number of aromatic amines is 1. The van der Waals surface area contributed by atoms with Gasteiger partial charge in [-0.1, -0.05) is 35.3 Å². The predicted octanol–water partition coefficient (Wildman–Crippen LogP) is 3.93. The summed E-state index contributed by atoms with van der Waals surface area (Å²) in [7, 11) is 1.59. The van der Waals surface area contributed by atoms with Gasteiger partial charge in [0.15, 0.2) is 5.75 Å². The lowest BCUT2D eigenvalue weighted by Gasteiger charge is -2.29. The molecule has 5 rings (SSSR count). The molecule has 0 unspecified atom stereocenters. The first-order chi connectivity index (χ1) is 19.1. The fourth-order valence-electron chi connectivity index (χ4n) is 4.32. The number of halogens is 2. The number of hydrogen-bond acceptors (Lipinski definition) is 7. The number of aromatic nitrogens is 3. The highest BCUT2D eigenvalue weighted by atomic mass is 35.5. The van der Waals surface area contributed by atoms with Gasteiger partial charge in [0.1, 0.15) is 11.5 Å². The van der Waals surface area contributed by atoms with Gasteiger partial charge in [0.25, 0.3) is 11.5 Å². The first kappa shape index (κ1) is 27.0. The van der Waals surface area contributed by atoms with E-state index in [1.54, 1.807) is 30.2 Å². The van der Waals surface area contributed by atoms with Gasteiger partial charge >= 0.3 is 11.7 Å². The number of aromatic carboxylic acids is 1. The Hall–Kier alpha value is -4.61. The van der Waals surface area contributed by atoms with Crippen molar-refractivity contribution in [1.29, 1.82) is 0 Å². The molecule has 0 saturated heterocycles. The van der Waals surface area contributed by atoms with Crippen LogP contribution < -0.4 is 20.7 Å². The summed E-state index contributed by atoms with van der Waals surface area (Å²) >= 11 is 12.8. The van der Waals surface area contributed by atoms with Crippen LogP contribution in [0.15, 0.2) is 64.2 Å². The van der Waals surface area contributed by atoms with Crippen LogP contribution in [0.4, 0.5) is 0 Å². The summed E-state index contributed by atoms with van der Waals surface area (Å²) in [5, 5.41) is 12.7. The van der Waals surface area contributed by atoms with E-state index in [1.807, 2.05) is 29.2 Å². The van der Waals surface area contributed by atoms with E-state index >= 15 is 0 Å². The van der Waals surface area contributed by atoms with Gasteiger partial charge in [-0.3, -0.25) is 14.6 Å². The highest BCUT2D eigenvalue weighted by Gasteiger charge is 2.25. The second-order valence-electron chi connectivity index (χ2n) is 8.81. The number of carboxylic acids is 1. The number of methoxy groups -OCH3 is 1. The molecule has 1 aliphatic heterocycles. The molecule has 0 radical (unpaired) electrons. The van der Waals surface area contributed by atoms with Crippen molar-refractivity contribution >= 4 is 35.1 Å². The second kappa shape index (κ2) is 10.9. The molecular formula is C27H20Cl2N4O7. The molecule has 1 aromatic heterocycles. The van der Waals surface area contributed by atoms with Crippen LogP contribution in [-0.4, -0.2) is 50.3 Å². The zero-order chi connectivity index (χ0) is 28.6. The average molecular weight is 583 g/mol. The molecule has 0 bridgehead atoms. The predicted molar refractivity (Wildman–Crippen MR) is 145 cm³/mol. The number of carboxylic acid groups (broad SMARTS) is 1. The monoisotopic (exact) mass is 582 g/mol. The minimum Gasteiger partial charge on any atom is -0.497 e. The number of rotatable bonds is 7. The number of benzene rings is 3. The van der Waals surface area contributed by atoms with E-state index in [0.717, 1.165) is 16.9 Å². The van der Waals surface area contributed by atoms with Crippen LogP contribution in [0.25, 0.3) is 5.69 Å². The number of nitrogens with zero attached hydrogens (tertiary/aromatic N) is 3. The molecule has 4 aromatic rings. The largest absolute Gasteiger partial charge is 0.497 e. The van der Waals surface area contributed by atoms with Crippen LogP contribution in [0.1, 0.15) is 32.0 Å². The topological polar surface area (TPSA) is 144 Å². The Labute approximate surface area is 236 Å². The summed E-state index contributed by atoms with van der Waals surface area (Å²) in [6.45, 7) is 0.967. The summed E-state index contributed by atoms with van der Waals surface area (Å²) < 4.78 is 11.9. The molecule has 0 atom stereocenters. The lowest BCUT2D eigenvalue weighted by Crippen LogP contribution is -2.37. The maximum absolute atomic E-state index is 13.2. The number of nitrogens with one attached hydrogen (secondary N) is 1. The Kier molecular flexibility index (Phi) is 7.33. The Balaban J connectivity index is 1.37. The van der Waals surface area contributed by atoms with E-state index in [2.05, 4.69) is 5.10 Å². The molecule has 2 heterocycles. The number of carbonyl (C=O) groups excluding carboxylic acids is 1. The molecular weight excluding hydrogens is 563 g/mol. The second-order valence-corrected chi connectivity index (χ2v) is 9.63. The third-order valence-corrected chi connectivity index (χ3v) is 6.79. The van der Waals surface area contributed by atoms with Gasteiger partial charge in [-0.25, -0.2) is 9.59 Å². The Morgan fingerprint density at radius 3 is 2.50 bits per heavy atom. The average Bonchev–Trinajstić information content (AvgIpc) is 2.92. The molecule has 1 aliphatic rings. The lowest BCUT2D eigenvalue weighted by atomic mass is 9.98. The maximum Gasteiger partial charge on any atom is 0.362 e. The number of hydrogen-bond donors (Lipinski definition) is 2. The third kappa shape index (κ3) is 5.29. The smallest absolute Gasteiger partial charge is 0.362 e. The van der Waals surface area contributed by atoms with Gasteiger partial charge < -0.3 is 19.5 Å². The summed E-state index contributed by atoms with van der Waals surface area (Å²) in [6, 6.07) is 15.2. The van der Waals surface area contributed by atoms with Crippen molar-refractivity contribution in [3.63, 3.8) is 0 Å². The van der Waals surface area contributed by atoms with Crippen molar-refractivity contribution in [2.75, 3.05) is 13.7 Å². The molecule has 3 aromatic carbocycles. The van der Waals surface area contributed by atoms with Crippen LogP contribution in [0.5, 0.6) is 17.2 Å². The van der Waals surface area contributed by atoms with Crippen molar-refractivity contribution in [3.8, 4) is 22.9 Å². The quantitative estimate of drug-likeness (QED) is 0.333. The number of amides is 1. The van der Waals surface area contributed by atoms with E-state index in [-0.39, 0.29) is 27.4 Å². The molecule has 204 valence electrons. The summed E-state index contributed by atoms with van der Waals surface area (Å²) in [5.74, 6) is -0.528. The Morgan fingerprint density at radius 2 is 1.80 bits per heavy atom. The molecule has 2 N–H and O–H groups in total. The Bertz CT molecular complexity index is 1760. The van der Waals surface area contributed by atoms with Gasteiger partial charge in [0.05, 0.1) is 22.8 Å². The van der Waals surface area contributed by atoms with Gasteiger partial charge in [0.2, 0.25) is 5.69 Å². The van der Waals surface area contributed by atoms with Crippen LogP contribution in [0.3, 0.4) is 0 Å². The molecule has 40 heavy (non-hydrogen) atoms. The van der Waals surface area contributed by atoms with Crippen LogP contribution in [-0.2, 0) is 13.0 Å². The third-order valence-electron chi connectivity index (χ3n) is 6.23. The van der Waals surface area contributed by atoms with Crippen molar-refractivity contribution < 1.29 is 24.2 Å². The van der Waals surface area contributed by atoms with E-state index in [1.165, 1.54) is 12.1 Å². The minimum atomic E-state index is -1.61. The van der Waals surface area contributed by atoms with Crippen LogP contribution >= 0.6 is 23.2 Å². The lowest BCUT2D eigenvalue weighted by molar-refractivity contribution is 0.0683. The molecule has 0 saturated carbocycles. The zero-order valence-electron chi connectivity index (χ0n) is 20.8. The van der Waals surface area contributed by atoms with Gasteiger partial charge in [-0.2, -0.15) is 9.78 Å². The van der Waals surface area contributed by atoms with Crippen molar-refractivity contribution in [2.45, 2.75) is 13.0 Å². The molecule has 0 aliphatic carbocycles. The van der Waals surface area contributed by atoms with Gasteiger partial charge in [-0.05, 0) is 60.0 Å². The maximum atomic E-state index is 13.2. The van der Waals surface area contributed by atoms with E-state index < -0.39 is 22.9 Å². The first-order valence-corrected chi connectivity index (χ1v) is 12.6. The van der Waals surface area contributed by atoms with E-state index in [0.29, 0.717) is 35.5 Å². The summed E-state index contributed by atoms with van der Waals surface area (Å²) in [4.78, 5) is 52.0. The zero-order valence-corrected chi connectivity index (χ0v) is 22.3. The number of carbonyl (C=O) groups is 2. The standard InChI is InChI=1S/C27H20Cl2N4O7/c1-39-17-4-2-3-14(9-17)13-32-8-7-15-10-18(5-6-19(15)25(32)35)40-23-20(28)11-16(12-21(23)29)33-27(38)30-24(34)22(31-33)26(36)37/h2-6,9-12H,7-8,13H2,1H3,(H,36,37)(H,30,34,38).